The third-order valence-electron chi connectivity index (χ3n) is 1.46. The van der Waals surface area contributed by atoms with Crippen LogP contribution in [0.1, 0.15) is 12.1 Å². The minimum atomic E-state index is -1.65. The lowest BCUT2D eigenvalue weighted by Crippen LogP contribution is -2.37. The van der Waals surface area contributed by atoms with Crippen LogP contribution in [0.5, 0.6) is 0 Å². The number of imidazole rings is 1. The predicted molar refractivity (Wildman–Crippen MR) is 31.5 cm³/mol. The summed E-state index contributed by atoms with van der Waals surface area (Å²) in [4.78, 5) is 0. The van der Waals surface area contributed by atoms with Gasteiger partial charge in [-0.2, -0.15) is 0 Å². The van der Waals surface area contributed by atoms with Gasteiger partial charge < -0.3 is 10.2 Å². The molecule has 0 aromatic carbocycles. The molecule has 56 valence electrons. The summed E-state index contributed by atoms with van der Waals surface area (Å²) in [6.07, 6.45) is 1.79. The molecule has 4 heteroatoms. The van der Waals surface area contributed by atoms with Crippen molar-refractivity contribution in [3.05, 3.63) is 18.2 Å². The molecule has 0 bridgehead atoms. The normalized spacial score (nSPS) is 13.6. The molecule has 1 heterocycles. The molecule has 0 aliphatic rings. The van der Waals surface area contributed by atoms with Crippen LogP contribution in [0, 0.1) is 0 Å². The van der Waals surface area contributed by atoms with Gasteiger partial charge in [0.15, 0.2) is 0 Å². The molecular formula is C6H10N2O2. The Kier molecular flexibility index (Phi) is 1.74. The molecule has 1 N–H and O–H groups in total. The van der Waals surface area contributed by atoms with E-state index in [1.165, 1.54) is 0 Å². The molecular weight excluding hydrogens is 132 g/mol. The van der Waals surface area contributed by atoms with Gasteiger partial charge in [-0.3, -0.25) is 0 Å². The van der Waals surface area contributed by atoms with Crippen LogP contribution >= 0.6 is 0 Å². The summed E-state index contributed by atoms with van der Waals surface area (Å²) in [5, 5.41) is 19.2. The number of aromatic nitrogens is 2. The number of rotatable bonds is 1. The van der Waals surface area contributed by atoms with E-state index < -0.39 is 6.29 Å². The Morgan fingerprint density at radius 1 is 1.80 bits per heavy atom. The van der Waals surface area contributed by atoms with E-state index in [4.69, 9.17) is 5.11 Å². The van der Waals surface area contributed by atoms with Crippen molar-refractivity contribution in [2.45, 2.75) is 6.29 Å². The van der Waals surface area contributed by atoms with Gasteiger partial charge in [0.2, 0.25) is 0 Å². The van der Waals surface area contributed by atoms with E-state index in [0.717, 1.165) is 0 Å². The van der Waals surface area contributed by atoms with Gasteiger partial charge in [0.05, 0.1) is 20.4 Å². The second kappa shape index (κ2) is 2.40. The van der Waals surface area contributed by atoms with Crippen LogP contribution < -0.4 is 9.67 Å². The van der Waals surface area contributed by atoms with E-state index in [1.807, 2.05) is 0 Å². The molecule has 0 saturated carbocycles. The van der Waals surface area contributed by atoms with Crippen molar-refractivity contribution in [1.29, 1.82) is 0 Å². The number of aliphatic hydroxyl groups is 1. The summed E-state index contributed by atoms with van der Waals surface area (Å²) >= 11 is 0. The first-order valence-electron chi connectivity index (χ1n) is 2.97. The van der Waals surface area contributed by atoms with Gasteiger partial charge in [-0.05, 0) is 0 Å². The largest absolute Gasteiger partial charge is 0.822 e. The Labute approximate surface area is 59.0 Å². The SMILES string of the molecule is Cn1cc[n+](C)c1C([O-])O. The van der Waals surface area contributed by atoms with E-state index in [-0.39, 0.29) is 0 Å². The maximum atomic E-state index is 10.5. The maximum absolute atomic E-state index is 10.5. The summed E-state index contributed by atoms with van der Waals surface area (Å²) in [6, 6.07) is 0. The minimum Gasteiger partial charge on any atom is -0.822 e. The zero-order valence-corrected chi connectivity index (χ0v) is 5.98. The van der Waals surface area contributed by atoms with Gasteiger partial charge in [-0.25, -0.2) is 9.13 Å². The Balaban J connectivity index is 3.10. The van der Waals surface area contributed by atoms with Gasteiger partial charge in [-0.15, -0.1) is 0 Å². The van der Waals surface area contributed by atoms with E-state index >= 15 is 0 Å². The van der Waals surface area contributed by atoms with Crippen molar-refractivity contribution in [2.24, 2.45) is 14.1 Å². The average molecular weight is 142 g/mol. The molecule has 0 radical (unpaired) electrons. The number of hydrogen-bond donors (Lipinski definition) is 1. The van der Waals surface area contributed by atoms with Gasteiger partial charge in [-0.1, -0.05) is 0 Å². The zero-order chi connectivity index (χ0) is 7.72. The van der Waals surface area contributed by atoms with Crippen molar-refractivity contribution in [3.63, 3.8) is 0 Å². The molecule has 0 aliphatic heterocycles. The molecule has 1 atom stereocenters. The maximum Gasteiger partial charge on any atom is 0.268 e. The Bertz CT molecular complexity index is 210. The molecule has 0 spiro atoms. The molecule has 0 fully saturated rings. The first-order valence-corrected chi connectivity index (χ1v) is 2.97. The first-order chi connectivity index (χ1) is 4.63. The van der Waals surface area contributed by atoms with Gasteiger partial charge in [0.25, 0.3) is 5.82 Å². The molecule has 1 aromatic rings. The lowest BCUT2D eigenvalue weighted by Gasteiger charge is -2.10. The smallest absolute Gasteiger partial charge is 0.268 e. The zero-order valence-electron chi connectivity index (χ0n) is 5.98. The van der Waals surface area contributed by atoms with Crippen LogP contribution in [0.3, 0.4) is 0 Å². The van der Waals surface area contributed by atoms with Crippen molar-refractivity contribution in [3.8, 4) is 0 Å². The summed E-state index contributed by atoms with van der Waals surface area (Å²) in [5.41, 5.74) is 0. The van der Waals surface area contributed by atoms with Crippen molar-refractivity contribution in [2.75, 3.05) is 0 Å². The summed E-state index contributed by atoms with van der Waals surface area (Å²) in [5.74, 6) is 0.361. The van der Waals surface area contributed by atoms with Crippen LogP contribution in [0.2, 0.25) is 0 Å². The highest BCUT2D eigenvalue weighted by Gasteiger charge is 2.11. The highest BCUT2D eigenvalue weighted by Crippen LogP contribution is 1.97. The summed E-state index contributed by atoms with van der Waals surface area (Å²) in [7, 11) is 3.44. The Morgan fingerprint density at radius 2 is 2.40 bits per heavy atom. The lowest BCUT2D eigenvalue weighted by molar-refractivity contribution is -0.701. The van der Waals surface area contributed by atoms with Gasteiger partial charge >= 0.3 is 0 Å². The molecule has 0 saturated heterocycles. The Morgan fingerprint density at radius 3 is 2.60 bits per heavy atom. The molecule has 1 unspecified atom stereocenters. The van der Waals surface area contributed by atoms with Gasteiger partial charge in [0.1, 0.15) is 12.4 Å². The topological polar surface area (TPSA) is 52.1 Å². The van der Waals surface area contributed by atoms with Gasteiger partial charge in [0, 0.05) is 0 Å². The predicted octanol–water partition coefficient (Wildman–Crippen LogP) is -1.80. The highest BCUT2D eigenvalue weighted by molar-refractivity contribution is 4.81. The molecule has 0 aliphatic carbocycles. The Hall–Kier alpha value is -0.870. The second-order valence-corrected chi connectivity index (χ2v) is 2.23. The first kappa shape index (κ1) is 7.24. The van der Waals surface area contributed by atoms with E-state index in [0.29, 0.717) is 5.82 Å². The van der Waals surface area contributed by atoms with Crippen LogP contribution in [-0.2, 0) is 14.1 Å². The minimum absolute atomic E-state index is 0.361. The number of nitrogens with zero attached hydrogens (tertiary/aromatic N) is 2. The molecule has 1 rings (SSSR count). The van der Waals surface area contributed by atoms with Crippen LogP contribution in [-0.4, -0.2) is 9.67 Å². The van der Waals surface area contributed by atoms with E-state index in [9.17, 15) is 5.11 Å². The number of aryl methyl sites for hydroxylation is 2. The number of hydrogen-bond acceptors (Lipinski definition) is 2. The van der Waals surface area contributed by atoms with Crippen LogP contribution in [0.15, 0.2) is 12.4 Å². The fourth-order valence-electron chi connectivity index (χ4n) is 0.950. The third-order valence-corrected chi connectivity index (χ3v) is 1.46. The van der Waals surface area contributed by atoms with Crippen LogP contribution in [0.25, 0.3) is 0 Å². The standard InChI is InChI=1S/C6H10N2O2/c1-7-3-4-8(2)5(7)6(9)10/h3-4,6,9H,1-2H3. The van der Waals surface area contributed by atoms with Crippen molar-refractivity contribution >= 4 is 0 Å². The third kappa shape index (κ3) is 1.03. The highest BCUT2D eigenvalue weighted by atomic mass is 16.5. The lowest BCUT2D eigenvalue weighted by atomic mass is 10.6. The van der Waals surface area contributed by atoms with Crippen molar-refractivity contribution in [1.82, 2.24) is 4.57 Å². The fraction of sp³-hybridized carbons (Fsp3) is 0.500. The molecule has 0 amide bonds. The number of aliphatic hydroxyl groups excluding tert-OH is 1. The molecule has 10 heavy (non-hydrogen) atoms. The second-order valence-electron chi connectivity index (χ2n) is 2.23. The average Bonchev–Trinajstić information content (AvgIpc) is 2.11. The van der Waals surface area contributed by atoms with Crippen LogP contribution in [0.4, 0.5) is 0 Å². The summed E-state index contributed by atoms with van der Waals surface area (Å²) in [6.45, 7) is 0. The molecule has 1 aromatic heterocycles. The monoisotopic (exact) mass is 142 g/mol. The van der Waals surface area contributed by atoms with E-state index in [2.05, 4.69) is 0 Å². The molecule has 4 nitrogen and oxygen atoms in total. The summed E-state index contributed by atoms with van der Waals surface area (Å²) < 4.78 is 3.19. The van der Waals surface area contributed by atoms with E-state index in [1.54, 1.807) is 35.6 Å². The fourth-order valence-corrected chi connectivity index (χ4v) is 0.950. The quantitative estimate of drug-likeness (QED) is 0.371. The van der Waals surface area contributed by atoms with Crippen molar-refractivity contribution < 1.29 is 14.8 Å².